The van der Waals surface area contributed by atoms with Crippen LogP contribution in [0.5, 0.6) is 0 Å². The molecule has 2 nitrogen and oxygen atoms in total. The predicted molar refractivity (Wildman–Crippen MR) is 55.6 cm³/mol. The van der Waals surface area contributed by atoms with Gasteiger partial charge in [-0.1, -0.05) is 19.4 Å². The van der Waals surface area contributed by atoms with Gasteiger partial charge in [0.1, 0.15) is 17.0 Å². The van der Waals surface area contributed by atoms with Crippen molar-refractivity contribution in [3.8, 4) is 0 Å². The Kier molecular flexibility index (Phi) is 2.08. The second kappa shape index (κ2) is 2.90. The number of fused-ring (bicyclic) bond motifs is 1. The third-order valence-electron chi connectivity index (χ3n) is 2.28. The molecule has 0 saturated heterocycles. The maximum Gasteiger partial charge on any atom is 0.312 e. The molecule has 0 N–H and O–H groups in total. The van der Waals surface area contributed by atoms with Crippen LogP contribution in [0.25, 0.3) is 10.9 Å². The van der Waals surface area contributed by atoms with Gasteiger partial charge in [0.15, 0.2) is 0 Å². The van der Waals surface area contributed by atoms with Crippen LogP contribution in [-0.2, 0) is 0 Å². The summed E-state index contributed by atoms with van der Waals surface area (Å²) < 4.78 is 76.9. The standard InChI is InChI=1S/C9H6F6N2S/c1-5-7-2-6(10)3-8(9(7)17-4-16-5)18(11,12,13,14)15/h2-4H,1H3. The molecule has 0 fully saturated rings. The number of aryl methyl sites for hydroxylation is 1. The first-order valence-electron chi connectivity index (χ1n) is 4.53. The second-order valence-corrected chi connectivity index (χ2v) is 6.11. The average molecular weight is 288 g/mol. The van der Waals surface area contributed by atoms with E-state index in [2.05, 4.69) is 9.97 Å². The zero-order valence-electron chi connectivity index (χ0n) is 8.80. The Morgan fingerprint density at radius 1 is 1.00 bits per heavy atom. The summed E-state index contributed by atoms with van der Waals surface area (Å²) in [5.74, 6) is -1.41. The van der Waals surface area contributed by atoms with Crippen molar-refractivity contribution in [2.75, 3.05) is 0 Å². The Balaban J connectivity index is 3.03. The van der Waals surface area contributed by atoms with E-state index in [1.165, 1.54) is 6.92 Å². The van der Waals surface area contributed by atoms with Gasteiger partial charge in [0.05, 0.1) is 5.52 Å². The number of hydrogen-bond acceptors (Lipinski definition) is 2. The van der Waals surface area contributed by atoms with Crippen LogP contribution in [0.2, 0.25) is 0 Å². The number of rotatable bonds is 1. The Morgan fingerprint density at radius 2 is 1.61 bits per heavy atom. The van der Waals surface area contributed by atoms with Gasteiger partial charge in [-0.25, -0.2) is 14.4 Å². The first-order chi connectivity index (χ1) is 7.88. The highest BCUT2D eigenvalue weighted by molar-refractivity contribution is 8.46. The molecular weight excluding hydrogens is 282 g/mol. The predicted octanol–water partition coefficient (Wildman–Crippen LogP) is 4.73. The van der Waals surface area contributed by atoms with E-state index < -0.39 is 26.5 Å². The fraction of sp³-hybridized carbons (Fsp3) is 0.111. The van der Waals surface area contributed by atoms with Crippen molar-refractivity contribution in [1.29, 1.82) is 0 Å². The van der Waals surface area contributed by atoms with Crippen LogP contribution in [0.4, 0.5) is 23.8 Å². The summed E-state index contributed by atoms with van der Waals surface area (Å²) >= 11 is 0. The minimum Gasteiger partial charge on any atom is -0.241 e. The highest BCUT2D eigenvalue weighted by Crippen LogP contribution is 3.02. The Morgan fingerprint density at radius 3 is 2.17 bits per heavy atom. The van der Waals surface area contributed by atoms with Gasteiger partial charge in [-0.15, -0.1) is 0 Å². The molecular formula is C9H6F6N2S. The summed E-state index contributed by atoms with van der Waals surface area (Å²) in [6.07, 6.45) is 0.725. The molecule has 1 aromatic carbocycles. The largest absolute Gasteiger partial charge is 0.312 e. The number of halogens is 6. The van der Waals surface area contributed by atoms with Gasteiger partial charge < -0.3 is 0 Å². The van der Waals surface area contributed by atoms with Crippen molar-refractivity contribution in [2.24, 2.45) is 0 Å². The van der Waals surface area contributed by atoms with E-state index in [1.54, 1.807) is 0 Å². The third-order valence-corrected chi connectivity index (χ3v) is 3.43. The van der Waals surface area contributed by atoms with Crippen LogP contribution in [0, 0.1) is 12.7 Å². The zero-order valence-corrected chi connectivity index (χ0v) is 9.62. The second-order valence-electron chi connectivity index (χ2n) is 3.73. The first kappa shape index (κ1) is 12.9. The molecule has 0 unspecified atom stereocenters. The van der Waals surface area contributed by atoms with E-state index in [4.69, 9.17) is 0 Å². The fourth-order valence-electron chi connectivity index (χ4n) is 1.52. The SMILES string of the molecule is Cc1ncnc2c(S(F)(F)(F)(F)F)cc(F)cc12. The lowest BCUT2D eigenvalue weighted by Gasteiger charge is -2.40. The summed E-state index contributed by atoms with van der Waals surface area (Å²) in [7, 11) is -10.00. The Bertz CT molecular complexity index is 651. The Hall–Kier alpha value is -1.51. The Labute approximate surface area is 97.4 Å². The fourth-order valence-corrected chi connectivity index (χ4v) is 2.38. The molecule has 0 spiro atoms. The number of aromatic nitrogens is 2. The molecule has 2 rings (SSSR count). The maximum atomic E-state index is 13.1. The van der Waals surface area contributed by atoms with Crippen LogP contribution < -0.4 is 0 Å². The molecule has 0 aliphatic heterocycles. The summed E-state index contributed by atoms with van der Waals surface area (Å²) in [6, 6.07) is 0.452. The van der Waals surface area contributed by atoms with Gasteiger partial charge in [0.2, 0.25) is 0 Å². The minimum absolute atomic E-state index is 0.0115. The van der Waals surface area contributed by atoms with Gasteiger partial charge in [0, 0.05) is 11.1 Å². The molecule has 0 atom stereocenters. The molecule has 0 bridgehead atoms. The van der Waals surface area contributed by atoms with Gasteiger partial charge >= 0.3 is 10.2 Å². The molecule has 1 aromatic heterocycles. The quantitative estimate of drug-likeness (QED) is 0.709. The zero-order chi connectivity index (χ0) is 13.8. The molecule has 9 heteroatoms. The normalized spacial score (nSPS) is 16.4. The first-order valence-corrected chi connectivity index (χ1v) is 6.48. The van der Waals surface area contributed by atoms with Gasteiger partial charge in [0.25, 0.3) is 0 Å². The van der Waals surface area contributed by atoms with Crippen LogP contribution in [0.15, 0.2) is 23.4 Å². The molecule has 1 heterocycles. The number of nitrogens with zero attached hydrogens (tertiary/aromatic N) is 2. The van der Waals surface area contributed by atoms with Crippen LogP contribution >= 0.6 is 10.2 Å². The van der Waals surface area contributed by atoms with E-state index >= 15 is 0 Å². The van der Waals surface area contributed by atoms with Crippen molar-refractivity contribution >= 4 is 21.1 Å². The molecule has 100 valence electrons. The topological polar surface area (TPSA) is 25.8 Å². The lowest BCUT2D eigenvalue weighted by Crippen LogP contribution is -2.08. The lowest BCUT2D eigenvalue weighted by molar-refractivity contribution is 0.364. The number of benzene rings is 1. The van der Waals surface area contributed by atoms with E-state index in [0.29, 0.717) is 6.07 Å². The van der Waals surface area contributed by atoms with Crippen molar-refractivity contribution < 1.29 is 23.8 Å². The van der Waals surface area contributed by atoms with Gasteiger partial charge in [-0.2, -0.15) is 0 Å². The van der Waals surface area contributed by atoms with E-state index in [-0.39, 0.29) is 17.1 Å². The lowest BCUT2D eigenvalue weighted by atomic mass is 10.2. The molecule has 0 radical (unpaired) electrons. The maximum absolute atomic E-state index is 13.1. The molecule has 0 saturated carbocycles. The molecule has 0 amide bonds. The summed E-state index contributed by atoms with van der Waals surface area (Å²) in [6.45, 7) is 1.28. The van der Waals surface area contributed by atoms with Crippen molar-refractivity contribution in [3.05, 3.63) is 30.0 Å². The van der Waals surface area contributed by atoms with E-state index in [0.717, 1.165) is 6.33 Å². The highest BCUT2D eigenvalue weighted by atomic mass is 32.5. The van der Waals surface area contributed by atoms with Gasteiger partial charge in [-0.05, 0) is 19.1 Å². The van der Waals surface area contributed by atoms with Crippen molar-refractivity contribution in [2.45, 2.75) is 11.8 Å². The van der Waals surface area contributed by atoms with Gasteiger partial charge in [-0.3, -0.25) is 0 Å². The smallest absolute Gasteiger partial charge is 0.241 e. The molecule has 0 aliphatic rings. The minimum atomic E-state index is -10.00. The molecule has 2 aromatic rings. The average Bonchev–Trinajstić information content (AvgIpc) is 2.15. The van der Waals surface area contributed by atoms with Crippen LogP contribution in [0.1, 0.15) is 5.69 Å². The monoisotopic (exact) mass is 288 g/mol. The molecule has 0 aliphatic carbocycles. The third kappa shape index (κ3) is 2.22. The summed E-state index contributed by atoms with van der Waals surface area (Å²) in [5, 5.41) is -0.388. The van der Waals surface area contributed by atoms with Crippen LogP contribution in [-0.4, -0.2) is 9.97 Å². The van der Waals surface area contributed by atoms with E-state index in [1.807, 2.05) is 0 Å². The highest BCUT2D eigenvalue weighted by Gasteiger charge is 2.66. The summed E-state index contributed by atoms with van der Waals surface area (Å²) in [4.78, 5) is 4.41. The van der Waals surface area contributed by atoms with Crippen molar-refractivity contribution in [3.63, 3.8) is 0 Å². The van der Waals surface area contributed by atoms with Crippen LogP contribution in [0.3, 0.4) is 0 Å². The number of hydrogen-bond donors (Lipinski definition) is 0. The van der Waals surface area contributed by atoms with Crippen molar-refractivity contribution in [1.82, 2.24) is 9.97 Å². The van der Waals surface area contributed by atoms with E-state index in [9.17, 15) is 23.8 Å². The molecule has 18 heavy (non-hydrogen) atoms. The summed E-state index contributed by atoms with van der Waals surface area (Å²) in [5.41, 5.74) is -1.01.